The number of ether oxygens (including phenoxy) is 1. The van der Waals surface area contributed by atoms with Crippen LogP contribution in [-0.2, 0) is 4.74 Å². The molecule has 0 fully saturated rings. The van der Waals surface area contributed by atoms with Crippen molar-refractivity contribution < 1.29 is 4.74 Å². The summed E-state index contributed by atoms with van der Waals surface area (Å²) in [6.45, 7) is 14.5. The van der Waals surface area contributed by atoms with Gasteiger partial charge in [0, 0.05) is 0 Å². The standard InChI is InChI=1S/C9H16O.C2H6/c1-5-7-9(8(3)4)10-6-2;1-2/h7H,3,5-6H2,1-2,4H3;1-2H3/b9-7+;. The van der Waals surface area contributed by atoms with E-state index < -0.39 is 0 Å². The SMILES string of the molecule is C=C(C)/C(=C\CC)OCC.CC. The van der Waals surface area contributed by atoms with Gasteiger partial charge < -0.3 is 4.74 Å². The third-order valence-corrected chi connectivity index (χ3v) is 1.11. The van der Waals surface area contributed by atoms with E-state index in [-0.39, 0.29) is 0 Å². The predicted octanol–water partition coefficient (Wildman–Crippen LogP) is 3.92. The smallest absolute Gasteiger partial charge is 0.117 e. The first-order chi connectivity index (χ1) is 5.72. The van der Waals surface area contributed by atoms with Gasteiger partial charge in [-0.25, -0.2) is 0 Å². The highest BCUT2D eigenvalue weighted by Crippen LogP contribution is 2.08. The number of allylic oxidation sites excluding steroid dienone is 2. The van der Waals surface area contributed by atoms with E-state index in [2.05, 4.69) is 13.5 Å². The van der Waals surface area contributed by atoms with Gasteiger partial charge in [0.05, 0.1) is 6.61 Å². The molecule has 0 aliphatic carbocycles. The normalized spacial score (nSPS) is 9.92. The van der Waals surface area contributed by atoms with Crippen molar-refractivity contribution in [3.63, 3.8) is 0 Å². The molecule has 0 heterocycles. The molecule has 0 rings (SSSR count). The summed E-state index contributed by atoms with van der Waals surface area (Å²) in [5.74, 6) is 0.935. The zero-order valence-electron chi connectivity index (χ0n) is 9.11. The molecule has 1 heteroatoms. The Morgan fingerprint density at radius 2 is 1.83 bits per heavy atom. The van der Waals surface area contributed by atoms with Gasteiger partial charge in [-0.1, -0.05) is 27.4 Å². The van der Waals surface area contributed by atoms with E-state index in [1.54, 1.807) is 0 Å². The van der Waals surface area contributed by atoms with Gasteiger partial charge in [0.2, 0.25) is 0 Å². The van der Waals surface area contributed by atoms with Crippen LogP contribution in [0.3, 0.4) is 0 Å². The summed E-state index contributed by atoms with van der Waals surface area (Å²) in [4.78, 5) is 0. The lowest BCUT2D eigenvalue weighted by Crippen LogP contribution is -1.91. The summed E-state index contributed by atoms with van der Waals surface area (Å²) < 4.78 is 5.31. The molecule has 0 amide bonds. The first kappa shape index (κ1) is 13.8. The van der Waals surface area contributed by atoms with E-state index >= 15 is 0 Å². The summed E-state index contributed by atoms with van der Waals surface area (Å²) >= 11 is 0. The Kier molecular flexibility index (Phi) is 11.9. The average molecular weight is 170 g/mol. The molecule has 0 aromatic carbocycles. The van der Waals surface area contributed by atoms with Crippen molar-refractivity contribution in [3.05, 3.63) is 24.0 Å². The van der Waals surface area contributed by atoms with Gasteiger partial charge in [-0.15, -0.1) is 0 Å². The summed E-state index contributed by atoms with van der Waals surface area (Å²) in [7, 11) is 0. The third kappa shape index (κ3) is 7.39. The molecule has 0 aliphatic heterocycles. The van der Waals surface area contributed by atoms with E-state index in [0.717, 1.165) is 24.4 Å². The minimum Gasteiger partial charge on any atom is -0.494 e. The van der Waals surface area contributed by atoms with Crippen molar-refractivity contribution >= 4 is 0 Å². The van der Waals surface area contributed by atoms with Crippen molar-refractivity contribution in [1.29, 1.82) is 0 Å². The molecule has 0 aromatic heterocycles. The molecule has 0 radical (unpaired) electrons. The Morgan fingerprint density at radius 1 is 1.33 bits per heavy atom. The second kappa shape index (κ2) is 10.3. The van der Waals surface area contributed by atoms with Crippen molar-refractivity contribution in [3.8, 4) is 0 Å². The maximum absolute atomic E-state index is 5.31. The van der Waals surface area contributed by atoms with E-state index in [1.807, 2.05) is 33.8 Å². The van der Waals surface area contributed by atoms with Gasteiger partial charge in [0.25, 0.3) is 0 Å². The Labute approximate surface area is 77.1 Å². The number of rotatable bonds is 4. The summed E-state index contributed by atoms with van der Waals surface area (Å²) in [5, 5.41) is 0. The second-order valence-corrected chi connectivity index (χ2v) is 2.19. The van der Waals surface area contributed by atoms with E-state index in [0.29, 0.717) is 0 Å². The fraction of sp³-hybridized carbons (Fsp3) is 0.636. The molecule has 0 bridgehead atoms. The summed E-state index contributed by atoms with van der Waals surface area (Å²) in [6.07, 6.45) is 3.05. The van der Waals surface area contributed by atoms with Crippen molar-refractivity contribution in [2.24, 2.45) is 0 Å². The molecule has 0 saturated heterocycles. The molecule has 12 heavy (non-hydrogen) atoms. The molecule has 0 atom stereocenters. The lowest BCUT2D eigenvalue weighted by Gasteiger charge is -2.06. The molecule has 0 aliphatic rings. The van der Waals surface area contributed by atoms with Crippen LogP contribution in [0.2, 0.25) is 0 Å². The molecule has 0 aromatic rings. The van der Waals surface area contributed by atoms with E-state index in [1.165, 1.54) is 0 Å². The Hall–Kier alpha value is -0.720. The zero-order valence-corrected chi connectivity index (χ0v) is 9.11. The van der Waals surface area contributed by atoms with Gasteiger partial charge in [0.15, 0.2) is 0 Å². The van der Waals surface area contributed by atoms with Gasteiger partial charge in [-0.3, -0.25) is 0 Å². The van der Waals surface area contributed by atoms with Crippen LogP contribution in [0.25, 0.3) is 0 Å². The monoisotopic (exact) mass is 170 g/mol. The molecule has 0 unspecified atom stereocenters. The van der Waals surface area contributed by atoms with Crippen LogP contribution in [0.15, 0.2) is 24.0 Å². The van der Waals surface area contributed by atoms with Crippen LogP contribution in [0, 0.1) is 0 Å². The highest BCUT2D eigenvalue weighted by Gasteiger charge is 1.94. The largest absolute Gasteiger partial charge is 0.494 e. The maximum Gasteiger partial charge on any atom is 0.117 e. The van der Waals surface area contributed by atoms with Gasteiger partial charge in [-0.2, -0.15) is 0 Å². The van der Waals surface area contributed by atoms with Crippen LogP contribution in [-0.4, -0.2) is 6.61 Å². The second-order valence-electron chi connectivity index (χ2n) is 2.19. The molecule has 72 valence electrons. The predicted molar refractivity (Wildman–Crippen MR) is 56.2 cm³/mol. The van der Waals surface area contributed by atoms with Crippen LogP contribution >= 0.6 is 0 Å². The highest BCUT2D eigenvalue weighted by atomic mass is 16.5. The fourth-order valence-corrected chi connectivity index (χ4v) is 0.697. The first-order valence-corrected chi connectivity index (χ1v) is 4.71. The van der Waals surface area contributed by atoms with E-state index in [4.69, 9.17) is 4.74 Å². The van der Waals surface area contributed by atoms with Crippen molar-refractivity contribution in [2.45, 2.75) is 41.0 Å². The summed E-state index contributed by atoms with van der Waals surface area (Å²) in [5.41, 5.74) is 1.00. The lowest BCUT2D eigenvalue weighted by molar-refractivity contribution is 0.236. The Balaban J connectivity index is 0. The van der Waals surface area contributed by atoms with E-state index in [9.17, 15) is 0 Å². The average Bonchev–Trinajstić information content (AvgIpc) is 2.08. The zero-order chi connectivity index (χ0) is 9.98. The maximum atomic E-state index is 5.31. The van der Waals surface area contributed by atoms with Gasteiger partial charge in [-0.05, 0) is 31.9 Å². The lowest BCUT2D eigenvalue weighted by atomic mass is 10.2. The minimum atomic E-state index is 0.721. The molecular formula is C11H22O. The molecule has 0 N–H and O–H groups in total. The Bertz CT molecular complexity index is 134. The van der Waals surface area contributed by atoms with Gasteiger partial charge >= 0.3 is 0 Å². The fourth-order valence-electron chi connectivity index (χ4n) is 0.697. The minimum absolute atomic E-state index is 0.721. The van der Waals surface area contributed by atoms with Gasteiger partial charge in [0.1, 0.15) is 5.76 Å². The molecular weight excluding hydrogens is 148 g/mol. The summed E-state index contributed by atoms with van der Waals surface area (Å²) in [6, 6.07) is 0. The molecule has 1 nitrogen and oxygen atoms in total. The van der Waals surface area contributed by atoms with Crippen molar-refractivity contribution in [2.75, 3.05) is 6.61 Å². The van der Waals surface area contributed by atoms with Crippen LogP contribution in [0.1, 0.15) is 41.0 Å². The topological polar surface area (TPSA) is 9.23 Å². The first-order valence-electron chi connectivity index (χ1n) is 4.71. The highest BCUT2D eigenvalue weighted by molar-refractivity contribution is 5.19. The van der Waals surface area contributed by atoms with Crippen LogP contribution in [0.5, 0.6) is 0 Å². The van der Waals surface area contributed by atoms with Crippen LogP contribution in [0.4, 0.5) is 0 Å². The van der Waals surface area contributed by atoms with Crippen LogP contribution < -0.4 is 0 Å². The molecule has 0 spiro atoms. The molecule has 0 saturated carbocycles. The third-order valence-electron chi connectivity index (χ3n) is 1.11. The van der Waals surface area contributed by atoms with Crippen molar-refractivity contribution in [1.82, 2.24) is 0 Å². The number of hydrogen-bond donors (Lipinski definition) is 0. The quantitative estimate of drug-likeness (QED) is 0.459. The number of hydrogen-bond acceptors (Lipinski definition) is 1. The Morgan fingerprint density at radius 3 is 2.08 bits per heavy atom.